The fourth-order valence-corrected chi connectivity index (χ4v) is 2.10. The summed E-state index contributed by atoms with van der Waals surface area (Å²) in [4.78, 5) is 19.7. The molecule has 2 heterocycles. The van der Waals surface area contributed by atoms with Gasteiger partial charge in [-0.25, -0.2) is 9.97 Å². The van der Waals surface area contributed by atoms with Gasteiger partial charge in [0.25, 0.3) is 5.91 Å². The Balaban J connectivity index is 1.84. The number of anilines is 2. The van der Waals surface area contributed by atoms with E-state index in [-0.39, 0.29) is 21.7 Å². The number of aromatic amines is 1. The monoisotopic (exact) mass is 312 g/mol. The van der Waals surface area contributed by atoms with E-state index in [2.05, 4.69) is 25.5 Å². The van der Waals surface area contributed by atoms with Crippen molar-refractivity contribution in [3.8, 4) is 0 Å². The van der Waals surface area contributed by atoms with Crippen molar-refractivity contribution in [1.29, 1.82) is 0 Å². The SMILES string of the molecule is Nc1c(C(=O)Nc2ncnc(Cl)c2Cl)n[nH]c1C1CC1. The molecule has 1 aliphatic rings. The molecule has 0 aromatic carbocycles. The van der Waals surface area contributed by atoms with Gasteiger partial charge in [-0.1, -0.05) is 23.2 Å². The second-order valence-corrected chi connectivity index (χ2v) is 5.19. The molecule has 3 rings (SSSR count). The van der Waals surface area contributed by atoms with Crippen LogP contribution in [0.25, 0.3) is 0 Å². The van der Waals surface area contributed by atoms with Gasteiger partial charge in [-0.3, -0.25) is 9.89 Å². The van der Waals surface area contributed by atoms with Crippen molar-refractivity contribution in [1.82, 2.24) is 20.2 Å². The fourth-order valence-electron chi connectivity index (χ4n) is 1.82. The summed E-state index contributed by atoms with van der Waals surface area (Å²) in [6.45, 7) is 0. The van der Waals surface area contributed by atoms with Crippen molar-refractivity contribution in [2.45, 2.75) is 18.8 Å². The minimum absolute atomic E-state index is 0.0608. The molecule has 104 valence electrons. The summed E-state index contributed by atoms with van der Waals surface area (Å²) in [5, 5.41) is 9.39. The van der Waals surface area contributed by atoms with Gasteiger partial charge in [-0.2, -0.15) is 5.10 Å². The van der Waals surface area contributed by atoms with Crippen molar-refractivity contribution >= 4 is 40.6 Å². The number of halogens is 2. The zero-order chi connectivity index (χ0) is 14.3. The number of H-pyrrole nitrogens is 1. The lowest BCUT2D eigenvalue weighted by Gasteiger charge is -2.05. The number of hydrogen-bond acceptors (Lipinski definition) is 5. The van der Waals surface area contributed by atoms with E-state index in [1.165, 1.54) is 6.33 Å². The van der Waals surface area contributed by atoms with Gasteiger partial charge >= 0.3 is 0 Å². The third-order valence-corrected chi connectivity index (χ3v) is 3.75. The van der Waals surface area contributed by atoms with Crippen LogP contribution in [0.15, 0.2) is 6.33 Å². The van der Waals surface area contributed by atoms with E-state index in [9.17, 15) is 4.79 Å². The van der Waals surface area contributed by atoms with Crippen LogP contribution in [-0.2, 0) is 0 Å². The van der Waals surface area contributed by atoms with Crippen LogP contribution in [-0.4, -0.2) is 26.1 Å². The van der Waals surface area contributed by atoms with Crippen molar-refractivity contribution in [2.75, 3.05) is 11.1 Å². The summed E-state index contributed by atoms with van der Waals surface area (Å²) in [5.74, 6) is -0.00418. The van der Waals surface area contributed by atoms with Crippen LogP contribution in [0.1, 0.15) is 34.9 Å². The highest BCUT2D eigenvalue weighted by molar-refractivity contribution is 6.43. The van der Waals surface area contributed by atoms with Gasteiger partial charge in [0.15, 0.2) is 16.7 Å². The maximum absolute atomic E-state index is 12.1. The van der Waals surface area contributed by atoms with Gasteiger partial charge in [0.2, 0.25) is 0 Å². The number of nitrogen functional groups attached to an aromatic ring is 1. The lowest BCUT2D eigenvalue weighted by molar-refractivity contribution is 0.102. The maximum Gasteiger partial charge on any atom is 0.279 e. The Kier molecular flexibility index (Phi) is 3.23. The van der Waals surface area contributed by atoms with Crippen LogP contribution in [0.4, 0.5) is 11.5 Å². The summed E-state index contributed by atoms with van der Waals surface area (Å²) in [6, 6.07) is 0. The number of nitrogens with zero attached hydrogens (tertiary/aromatic N) is 3. The third-order valence-electron chi connectivity index (χ3n) is 3.01. The zero-order valence-electron chi connectivity index (χ0n) is 10.2. The van der Waals surface area contributed by atoms with Gasteiger partial charge < -0.3 is 11.1 Å². The molecule has 20 heavy (non-hydrogen) atoms. The lowest BCUT2D eigenvalue weighted by atomic mass is 10.2. The molecule has 0 aliphatic heterocycles. The van der Waals surface area contributed by atoms with Crippen molar-refractivity contribution < 1.29 is 4.79 Å². The van der Waals surface area contributed by atoms with Crippen LogP contribution in [0.3, 0.4) is 0 Å². The highest BCUT2D eigenvalue weighted by atomic mass is 35.5. The highest BCUT2D eigenvalue weighted by Gasteiger charge is 2.30. The van der Waals surface area contributed by atoms with Crippen LogP contribution >= 0.6 is 23.2 Å². The summed E-state index contributed by atoms with van der Waals surface area (Å²) in [7, 11) is 0. The first-order valence-corrected chi connectivity index (χ1v) is 6.64. The minimum atomic E-state index is -0.498. The Morgan fingerprint density at radius 3 is 2.85 bits per heavy atom. The highest BCUT2D eigenvalue weighted by Crippen LogP contribution is 2.42. The average molecular weight is 313 g/mol. The lowest BCUT2D eigenvalue weighted by Crippen LogP contribution is -2.15. The standard InChI is InChI=1S/C11H10Cl2N6O/c12-5-9(13)15-3-16-10(5)17-11(20)8-6(14)7(18-19-8)4-1-2-4/h3-4H,1-2,14H2,(H,18,19)(H,15,16,17,20). The summed E-state index contributed by atoms with van der Waals surface area (Å²) in [6.07, 6.45) is 3.31. The van der Waals surface area contributed by atoms with Gasteiger partial charge in [0.1, 0.15) is 11.3 Å². The number of aromatic nitrogens is 4. The molecule has 1 saturated carbocycles. The first-order chi connectivity index (χ1) is 9.58. The van der Waals surface area contributed by atoms with Crippen LogP contribution in [0, 0.1) is 0 Å². The van der Waals surface area contributed by atoms with E-state index in [1.807, 2.05) is 0 Å². The molecule has 7 nitrogen and oxygen atoms in total. The molecule has 4 N–H and O–H groups in total. The molecule has 0 radical (unpaired) electrons. The Hall–Kier alpha value is -1.86. The van der Waals surface area contributed by atoms with Gasteiger partial charge in [0.05, 0.1) is 11.4 Å². The van der Waals surface area contributed by atoms with E-state index in [0.29, 0.717) is 11.6 Å². The zero-order valence-corrected chi connectivity index (χ0v) is 11.7. The Labute approximate surface area is 123 Å². The molecule has 0 atom stereocenters. The van der Waals surface area contributed by atoms with Crippen molar-refractivity contribution in [2.24, 2.45) is 0 Å². The second kappa shape index (κ2) is 4.92. The molecule has 2 aromatic heterocycles. The van der Waals surface area contributed by atoms with Gasteiger partial charge in [-0.15, -0.1) is 0 Å². The number of amides is 1. The number of carbonyl (C=O) groups excluding carboxylic acids is 1. The molecule has 0 spiro atoms. The quantitative estimate of drug-likeness (QED) is 0.753. The second-order valence-electron chi connectivity index (χ2n) is 4.46. The van der Waals surface area contributed by atoms with Crippen LogP contribution < -0.4 is 11.1 Å². The number of hydrogen-bond donors (Lipinski definition) is 3. The number of carbonyl (C=O) groups is 1. The van der Waals surface area contributed by atoms with Crippen LogP contribution in [0.5, 0.6) is 0 Å². The predicted molar refractivity (Wildman–Crippen MR) is 75.0 cm³/mol. The average Bonchev–Trinajstić information content (AvgIpc) is 3.18. The van der Waals surface area contributed by atoms with Crippen LogP contribution in [0.2, 0.25) is 10.2 Å². The normalized spacial score (nSPS) is 14.3. The molecule has 0 saturated heterocycles. The number of nitrogens with two attached hydrogens (primary N) is 1. The Morgan fingerprint density at radius 1 is 1.40 bits per heavy atom. The molecule has 2 aromatic rings. The van der Waals surface area contributed by atoms with E-state index < -0.39 is 5.91 Å². The molecule has 0 unspecified atom stereocenters. The molecule has 9 heteroatoms. The van der Waals surface area contributed by atoms with Gasteiger partial charge in [0, 0.05) is 5.92 Å². The topological polar surface area (TPSA) is 110 Å². The first kappa shape index (κ1) is 13.1. The molecular weight excluding hydrogens is 303 g/mol. The molecule has 1 aliphatic carbocycles. The van der Waals surface area contributed by atoms with E-state index >= 15 is 0 Å². The van der Waals surface area contributed by atoms with E-state index in [1.54, 1.807) is 0 Å². The first-order valence-electron chi connectivity index (χ1n) is 5.89. The largest absolute Gasteiger partial charge is 0.395 e. The molecule has 1 fully saturated rings. The fraction of sp³-hybridized carbons (Fsp3) is 0.273. The van der Waals surface area contributed by atoms with E-state index in [0.717, 1.165) is 18.5 Å². The summed E-state index contributed by atoms with van der Waals surface area (Å²) in [5.41, 5.74) is 7.21. The minimum Gasteiger partial charge on any atom is -0.395 e. The number of rotatable bonds is 3. The van der Waals surface area contributed by atoms with Crippen molar-refractivity contribution in [3.63, 3.8) is 0 Å². The van der Waals surface area contributed by atoms with Gasteiger partial charge in [-0.05, 0) is 12.8 Å². The summed E-state index contributed by atoms with van der Waals surface area (Å²) < 4.78 is 0. The maximum atomic E-state index is 12.1. The van der Waals surface area contributed by atoms with E-state index in [4.69, 9.17) is 28.9 Å². The smallest absolute Gasteiger partial charge is 0.279 e. The molecule has 1 amide bonds. The predicted octanol–water partition coefficient (Wildman–Crippen LogP) is 2.22. The Morgan fingerprint density at radius 2 is 2.15 bits per heavy atom. The molecular formula is C11H10Cl2N6O. The number of nitrogens with one attached hydrogen (secondary N) is 2. The third kappa shape index (κ3) is 2.30. The molecule has 0 bridgehead atoms. The summed E-state index contributed by atoms with van der Waals surface area (Å²) >= 11 is 11.6. The Bertz CT molecular complexity index is 682. The van der Waals surface area contributed by atoms with Crippen molar-refractivity contribution in [3.05, 3.63) is 27.9 Å².